The fourth-order valence-corrected chi connectivity index (χ4v) is 9.04. The number of aliphatic hydroxyl groups is 1. The van der Waals surface area contributed by atoms with Gasteiger partial charge in [0, 0.05) is 13.0 Å². The Morgan fingerprint density at radius 1 is 1.16 bits per heavy atom. The summed E-state index contributed by atoms with van der Waals surface area (Å²) in [7, 11) is 1.85. The number of fused-ring (bicyclic) bond motifs is 5. The maximum absolute atomic E-state index is 13.4. The summed E-state index contributed by atoms with van der Waals surface area (Å²) in [5, 5.41) is 16.8. The molecule has 180 valence electrons. The zero-order chi connectivity index (χ0) is 22.7. The summed E-state index contributed by atoms with van der Waals surface area (Å²) < 4.78 is 5.87. The molecular formula is C25H42N4O3. The lowest BCUT2D eigenvalue weighted by atomic mass is 9.43. The quantitative estimate of drug-likeness (QED) is 0.601. The van der Waals surface area contributed by atoms with Gasteiger partial charge < -0.3 is 9.84 Å². The summed E-state index contributed by atoms with van der Waals surface area (Å²) in [6.45, 7) is 7.57. The molecule has 32 heavy (non-hydrogen) atoms. The van der Waals surface area contributed by atoms with Gasteiger partial charge in [0.15, 0.2) is 5.78 Å². The Morgan fingerprint density at radius 3 is 2.69 bits per heavy atom. The average molecular weight is 447 g/mol. The molecule has 0 saturated heterocycles. The largest absolute Gasteiger partial charge is 0.390 e. The summed E-state index contributed by atoms with van der Waals surface area (Å²) in [5.74, 6) is 3.87. The van der Waals surface area contributed by atoms with E-state index in [2.05, 4.69) is 23.1 Å². The van der Waals surface area contributed by atoms with Gasteiger partial charge in [-0.25, -0.2) is 5.53 Å². The lowest BCUT2D eigenvalue weighted by molar-refractivity contribution is -0.175. The van der Waals surface area contributed by atoms with Crippen molar-refractivity contribution in [3.8, 4) is 0 Å². The molecule has 0 amide bonds. The highest BCUT2D eigenvalue weighted by molar-refractivity contribution is 5.89. The number of ether oxygens (including phenoxy) is 1. The Kier molecular flexibility index (Phi) is 5.62. The number of ketones is 1. The molecule has 0 spiro atoms. The molecule has 4 aliphatic carbocycles. The van der Waals surface area contributed by atoms with Gasteiger partial charge in [-0.1, -0.05) is 6.92 Å². The zero-order valence-electron chi connectivity index (χ0n) is 20.3. The third kappa shape index (κ3) is 3.41. The maximum atomic E-state index is 13.4. The van der Waals surface area contributed by atoms with Crippen LogP contribution in [0.15, 0.2) is 5.10 Å². The second-order valence-corrected chi connectivity index (χ2v) is 12.1. The number of hydrazine groups is 2. The number of nitrogens with zero attached hydrogens (tertiary/aromatic N) is 2. The van der Waals surface area contributed by atoms with Crippen molar-refractivity contribution >= 4 is 11.6 Å². The second kappa shape index (κ2) is 7.95. The van der Waals surface area contributed by atoms with E-state index in [-0.39, 0.29) is 16.7 Å². The van der Waals surface area contributed by atoms with Crippen LogP contribution in [0.2, 0.25) is 0 Å². The molecule has 0 radical (unpaired) electrons. The van der Waals surface area contributed by atoms with Crippen LogP contribution in [0.4, 0.5) is 0 Å². The first-order chi connectivity index (χ1) is 15.2. The van der Waals surface area contributed by atoms with Crippen LogP contribution in [0, 0.1) is 40.4 Å². The Balaban J connectivity index is 1.36. The number of carbonyl (C=O) groups excluding carboxylic acids is 1. The predicted octanol–water partition coefficient (Wildman–Crippen LogP) is 3.25. The fraction of sp³-hybridized carbons (Fsp3) is 0.920. The van der Waals surface area contributed by atoms with Crippen LogP contribution in [0.1, 0.15) is 78.6 Å². The first kappa shape index (κ1) is 22.6. The number of Topliss-reactive ketones (excluding diaryl/α,β-unsaturated/α-hetero) is 1. The number of amidine groups is 1. The number of nitrogens with one attached hydrogen (secondary N) is 2. The van der Waals surface area contributed by atoms with E-state index in [4.69, 9.17) is 4.74 Å². The van der Waals surface area contributed by atoms with Crippen LogP contribution in [-0.4, -0.2) is 47.6 Å². The van der Waals surface area contributed by atoms with Crippen molar-refractivity contribution in [2.24, 2.45) is 45.5 Å². The van der Waals surface area contributed by atoms with E-state index in [9.17, 15) is 9.90 Å². The van der Waals surface area contributed by atoms with Crippen LogP contribution in [0.25, 0.3) is 0 Å². The van der Waals surface area contributed by atoms with E-state index in [1.165, 1.54) is 25.7 Å². The molecular weight excluding hydrogens is 404 g/mol. The summed E-state index contributed by atoms with van der Waals surface area (Å²) in [6, 6.07) is 0. The van der Waals surface area contributed by atoms with E-state index >= 15 is 0 Å². The van der Waals surface area contributed by atoms with E-state index in [1.54, 1.807) is 0 Å². The minimum absolute atomic E-state index is 0.109. The van der Waals surface area contributed by atoms with Crippen LogP contribution < -0.4 is 11.1 Å². The average Bonchev–Trinajstić information content (AvgIpc) is 3.30. The normalized spacial score (nSPS) is 47.8. The van der Waals surface area contributed by atoms with Crippen molar-refractivity contribution in [2.45, 2.75) is 84.2 Å². The van der Waals surface area contributed by atoms with Crippen LogP contribution >= 0.6 is 0 Å². The topological polar surface area (TPSA) is 86.2 Å². The summed E-state index contributed by atoms with van der Waals surface area (Å²) in [5.41, 5.74) is 5.52. The van der Waals surface area contributed by atoms with Gasteiger partial charge in [-0.3, -0.25) is 9.80 Å². The minimum Gasteiger partial charge on any atom is -0.390 e. The molecule has 8 atom stereocenters. The van der Waals surface area contributed by atoms with Gasteiger partial charge >= 0.3 is 0 Å². The van der Waals surface area contributed by atoms with Crippen LogP contribution in [-0.2, 0) is 9.53 Å². The molecule has 7 nitrogen and oxygen atoms in total. The van der Waals surface area contributed by atoms with Crippen molar-refractivity contribution < 1.29 is 14.6 Å². The molecule has 1 heterocycles. The van der Waals surface area contributed by atoms with Gasteiger partial charge in [0.25, 0.3) is 0 Å². The second-order valence-electron chi connectivity index (χ2n) is 12.1. The highest BCUT2D eigenvalue weighted by Gasteiger charge is 2.63. The van der Waals surface area contributed by atoms with E-state index in [1.807, 2.05) is 26.0 Å². The van der Waals surface area contributed by atoms with Crippen molar-refractivity contribution in [3.63, 3.8) is 0 Å². The number of hydrogen-bond donors (Lipinski definition) is 3. The van der Waals surface area contributed by atoms with Gasteiger partial charge in [0.2, 0.25) is 0 Å². The SMILES string of the molecule is COC[C@]12CC[C@@](C)(O)C[C@@H]1CC[C@H]1[C@@H]3CC[C@H](C(=O)CN4NNN=C4C)[C@@]3(C)CC[C@@H]12. The molecule has 5 rings (SSSR count). The molecule has 7 heteroatoms. The molecule has 3 N–H and O–H groups in total. The summed E-state index contributed by atoms with van der Waals surface area (Å²) in [4.78, 5) is 13.4. The molecule has 4 saturated carbocycles. The number of carbonyl (C=O) groups is 1. The summed E-state index contributed by atoms with van der Waals surface area (Å²) >= 11 is 0. The smallest absolute Gasteiger partial charge is 0.157 e. The standard InChI is InChI=1S/C25H42N4O3/c1-16-26-27-28-29(16)14-22(30)21-8-7-19-18-6-5-17-13-23(2,31)11-12-25(17,15-32-4)20(18)9-10-24(19,21)3/h17-21,27-28,31H,5-15H2,1-4H3/t17-,18-,19-,20-,21+,23+,24-,25+/m0/s1. The Labute approximate surface area is 192 Å². The van der Waals surface area contributed by atoms with Gasteiger partial charge in [0.05, 0.1) is 18.8 Å². The van der Waals surface area contributed by atoms with Gasteiger partial charge in [-0.2, -0.15) is 0 Å². The molecule has 0 aromatic carbocycles. The molecule has 0 aromatic heterocycles. The third-order valence-corrected chi connectivity index (χ3v) is 10.6. The Bertz CT molecular complexity index is 785. The molecule has 0 bridgehead atoms. The van der Waals surface area contributed by atoms with Crippen molar-refractivity contribution in [2.75, 3.05) is 20.3 Å². The van der Waals surface area contributed by atoms with Crippen molar-refractivity contribution in [1.82, 2.24) is 16.1 Å². The van der Waals surface area contributed by atoms with Crippen LogP contribution in [0.5, 0.6) is 0 Å². The van der Waals surface area contributed by atoms with Crippen molar-refractivity contribution in [1.29, 1.82) is 0 Å². The van der Waals surface area contributed by atoms with Gasteiger partial charge in [-0.05, 0) is 106 Å². The first-order valence-corrected chi connectivity index (χ1v) is 12.8. The van der Waals surface area contributed by atoms with Gasteiger partial charge in [-0.15, -0.1) is 10.6 Å². The Morgan fingerprint density at radius 2 is 1.97 bits per heavy atom. The fourth-order valence-electron chi connectivity index (χ4n) is 9.04. The Hall–Kier alpha value is -1.18. The lowest BCUT2D eigenvalue weighted by Gasteiger charge is -2.62. The number of hydrazone groups is 1. The van der Waals surface area contributed by atoms with E-state index < -0.39 is 5.60 Å². The molecule has 5 aliphatic rings. The number of hydrogen-bond acceptors (Lipinski definition) is 7. The van der Waals surface area contributed by atoms with Crippen LogP contribution in [0.3, 0.4) is 0 Å². The summed E-state index contributed by atoms with van der Waals surface area (Å²) in [6.07, 6.45) is 9.88. The molecule has 1 aliphatic heterocycles. The predicted molar refractivity (Wildman–Crippen MR) is 123 cm³/mol. The molecule has 4 fully saturated rings. The zero-order valence-corrected chi connectivity index (χ0v) is 20.3. The number of rotatable bonds is 5. The third-order valence-electron chi connectivity index (χ3n) is 10.6. The van der Waals surface area contributed by atoms with Crippen molar-refractivity contribution in [3.05, 3.63) is 0 Å². The first-order valence-electron chi connectivity index (χ1n) is 12.8. The highest BCUT2D eigenvalue weighted by atomic mass is 16.5. The van der Waals surface area contributed by atoms with E-state index in [0.29, 0.717) is 36.0 Å². The lowest BCUT2D eigenvalue weighted by Crippen LogP contribution is -2.58. The monoisotopic (exact) mass is 446 g/mol. The van der Waals surface area contributed by atoms with Gasteiger partial charge in [0.1, 0.15) is 5.84 Å². The maximum Gasteiger partial charge on any atom is 0.157 e. The molecule has 0 unspecified atom stereocenters. The highest BCUT2D eigenvalue weighted by Crippen LogP contribution is 2.68. The van der Waals surface area contributed by atoms with E-state index in [0.717, 1.165) is 44.5 Å². The minimum atomic E-state index is -0.525. The molecule has 0 aromatic rings. The number of methoxy groups -OCH3 is 1.